The summed E-state index contributed by atoms with van der Waals surface area (Å²) < 4.78 is 1.67. The van der Waals surface area contributed by atoms with E-state index in [1.807, 2.05) is 49.5 Å². The minimum atomic E-state index is -0.264. The molecule has 136 valence electrons. The predicted molar refractivity (Wildman–Crippen MR) is 108 cm³/mol. The molecule has 1 aliphatic rings. The van der Waals surface area contributed by atoms with E-state index in [0.29, 0.717) is 0 Å². The molecule has 0 aromatic heterocycles. The Balaban J connectivity index is 1.83. The molecule has 3 aromatic rings. The van der Waals surface area contributed by atoms with E-state index in [0.717, 1.165) is 17.1 Å². The molecule has 0 amide bonds. The molecule has 1 aliphatic heterocycles. The third-order valence-electron chi connectivity index (χ3n) is 5.62. The first-order valence-electron chi connectivity index (χ1n) is 9.01. The van der Waals surface area contributed by atoms with Crippen LogP contribution in [0.5, 0.6) is 5.75 Å². The maximum Gasteiger partial charge on any atom is 0.255 e. The van der Waals surface area contributed by atoms with Crippen molar-refractivity contribution in [2.24, 2.45) is 0 Å². The fourth-order valence-corrected chi connectivity index (χ4v) is 4.01. The molecule has 0 atom stereocenters. The van der Waals surface area contributed by atoms with Gasteiger partial charge in [-0.3, -0.25) is 4.79 Å². The van der Waals surface area contributed by atoms with E-state index in [4.69, 9.17) is 0 Å². The van der Waals surface area contributed by atoms with Crippen molar-refractivity contribution in [1.82, 2.24) is 4.58 Å². The Morgan fingerprint density at radius 1 is 1.04 bits per heavy atom. The van der Waals surface area contributed by atoms with E-state index in [2.05, 4.69) is 30.9 Å². The van der Waals surface area contributed by atoms with Crippen LogP contribution < -0.4 is 25.4 Å². The van der Waals surface area contributed by atoms with Gasteiger partial charge in [0.1, 0.15) is 7.05 Å². The first kappa shape index (κ1) is 17.3. The second-order valence-electron chi connectivity index (χ2n) is 7.55. The fraction of sp³-hybridized carbons (Fsp3) is 0.217. The molecule has 27 heavy (non-hydrogen) atoms. The van der Waals surface area contributed by atoms with Crippen molar-refractivity contribution < 1.29 is 5.11 Å². The Morgan fingerprint density at radius 2 is 1.67 bits per heavy atom. The van der Waals surface area contributed by atoms with Gasteiger partial charge < -0.3 is 10.0 Å². The average molecular weight is 358 g/mol. The van der Waals surface area contributed by atoms with Crippen LogP contribution in [0.15, 0.2) is 65.1 Å². The van der Waals surface area contributed by atoms with Gasteiger partial charge in [0.05, 0.1) is 0 Å². The van der Waals surface area contributed by atoms with Gasteiger partial charge in [-0.15, -0.1) is 0 Å². The fourth-order valence-electron chi connectivity index (χ4n) is 4.01. The molecule has 0 unspecified atom stereocenters. The number of benzene rings is 2. The molecule has 0 saturated carbocycles. The lowest BCUT2D eigenvalue weighted by Gasteiger charge is -2.25. The molecule has 0 saturated heterocycles. The normalized spacial score (nSPS) is 18.1. The van der Waals surface area contributed by atoms with Crippen molar-refractivity contribution in [2.75, 3.05) is 19.0 Å². The van der Waals surface area contributed by atoms with E-state index in [9.17, 15) is 9.90 Å². The predicted octanol–water partition coefficient (Wildman–Crippen LogP) is 2.50. The number of likely N-dealkylation sites (N-methyl/N-ethyl adjacent to an activating group) is 1. The highest BCUT2D eigenvalue weighted by Crippen LogP contribution is 2.47. The molecule has 0 N–H and O–H groups in total. The summed E-state index contributed by atoms with van der Waals surface area (Å²) in [5.74, 6) is -0.195. The zero-order chi connectivity index (χ0) is 19.3. The maximum absolute atomic E-state index is 12.8. The molecule has 0 bridgehead atoms. The number of rotatable bonds is 2. The Labute approximate surface area is 158 Å². The summed E-state index contributed by atoms with van der Waals surface area (Å²) in [6, 6.07) is 17.6. The largest absolute Gasteiger partial charge is 0.867 e. The van der Waals surface area contributed by atoms with Gasteiger partial charge in [-0.25, -0.2) is 0 Å². The van der Waals surface area contributed by atoms with Crippen molar-refractivity contribution >= 4 is 17.5 Å². The van der Waals surface area contributed by atoms with Gasteiger partial charge in [0.2, 0.25) is 11.0 Å². The number of allylic oxidation sites excluding steroid dienone is 1. The quantitative estimate of drug-likeness (QED) is 0.661. The van der Waals surface area contributed by atoms with Crippen molar-refractivity contribution in [2.45, 2.75) is 19.3 Å². The van der Waals surface area contributed by atoms with Crippen LogP contribution in [0.2, 0.25) is 0 Å². The van der Waals surface area contributed by atoms with Crippen LogP contribution in [0, 0.1) is 0 Å². The van der Waals surface area contributed by atoms with Crippen molar-refractivity contribution in [3.63, 3.8) is 0 Å². The molecule has 4 rings (SSSR count). The minimum Gasteiger partial charge on any atom is -0.867 e. The van der Waals surface area contributed by atoms with E-state index in [-0.39, 0.29) is 27.5 Å². The van der Waals surface area contributed by atoms with Crippen LogP contribution >= 0.6 is 0 Å². The zero-order valence-corrected chi connectivity index (χ0v) is 16.0. The smallest absolute Gasteiger partial charge is 0.255 e. The van der Waals surface area contributed by atoms with E-state index in [1.165, 1.54) is 5.56 Å². The van der Waals surface area contributed by atoms with Crippen molar-refractivity contribution in [3.05, 3.63) is 87.0 Å². The van der Waals surface area contributed by atoms with Gasteiger partial charge >= 0.3 is 0 Å². The monoisotopic (exact) mass is 358 g/mol. The van der Waals surface area contributed by atoms with Crippen LogP contribution in [0.1, 0.15) is 25.0 Å². The third-order valence-corrected chi connectivity index (χ3v) is 5.62. The van der Waals surface area contributed by atoms with Crippen LogP contribution in [0.3, 0.4) is 0 Å². The topological polar surface area (TPSA) is 46.4 Å². The Morgan fingerprint density at radius 3 is 2.30 bits per heavy atom. The maximum atomic E-state index is 12.8. The average Bonchev–Trinajstić information content (AvgIpc) is 2.87. The summed E-state index contributed by atoms with van der Waals surface area (Å²) in [6.45, 7) is 4.24. The highest BCUT2D eigenvalue weighted by atomic mass is 16.3. The number of fused-ring (bicyclic) bond motifs is 1. The van der Waals surface area contributed by atoms with Crippen LogP contribution in [-0.4, -0.2) is 14.1 Å². The molecule has 4 heteroatoms. The highest BCUT2D eigenvalue weighted by Gasteiger charge is 2.38. The lowest BCUT2D eigenvalue weighted by atomic mass is 9.83. The first-order valence-corrected chi connectivity index (χ1v) is 9.01. The number of anilines is 1. The Kier molecular flexibility index (Phi) is 3.81. The second-order valence-corrected chi connectivity index (χ2v) is 7.55. The molecule has 0 fully saturated rings. The van der Waals surface area contributed by atoms with Crippen LogP contribution in [0.25, 0.3) is 6.08 Å². The molecule has 0 spiro atoms. The van der Waals surface area contributed by atoms with Crippen LogP contribution in [0.4, 0.5) is 11.4 Å². The number of hydrogen-bond acceptors (Lipinski definition) is 3. The number of para-hydroxylation sites is 2. The summed E-state index contributed by atoms with van der Waals surface area (Å²) in [4.78, 5) is 14.8. The Bertz CT molecular complexity index is 1150. The number of nitrogens with zero attached hydrogens (tertiary/aromatic N) is 2. The standard InChI is InChI=1S/C23H22N2O2/c1-23(2)17-12-8-9-13-18(17)25(4)19(23)14-16-21(26)20(22(16)27)24(3)15-10-6-5-7-11-15/h5-14H,1-4H3. The van der Waals surface area contributed by atoms with Gasteiger partial charge in [0, 0.05) is 41.5 Å². The van der Waals surface area contributed by atoms with Gasteiger partial charge in [-0.1, -0.05) is 50.2 Å². The molecule has 0 radical (unpaired) electrons. The highest BCUT2D eigenvalue weighted by molar-refractivity contribution is 5.77. The lowest BCUT2D eigenvalue weighted by Crippen LogP contribution is -2.45. The van der Waals surface area contributed by atoms with E-state index in [1.54, 1.807) is 17.7 Å². The molecule has 1 heterocycles. The summed E-state index contributed by atoms with van der Waals surface area (Å²) in [5.41, 5.74) is 3.89. The first-order chi connectivity index (χ1) is 12.8. The second kappa shape index (κ2) is 5.95. The van der Waals surface area contributed by atoms with Crippen LogP contribution in [-0.2, 0) is 5.41 Å². The Hall–Kier alpha value is -3.14. The number of hydrogen-bond donors (Lipinski definition) is 0. The SMILES string of the molecule is CN1C(=Cc2c([O-])c(=[N+](C)c3ccccc3)c2=O)C(C)(C)c2ccccc21. The molecular formula is C23H22N2O2. The molecule has 3 aromatic carbocycles. The zero-order valence-electron chi connectivity index (χ0n) is 16.0. The minimum absolute atomic E-state index is 0.195. The van der Waals surface area contributed by atoms with Gasteiger partial charge in [-0.05, 0) is 23.5 Å². The summed E-state index contributed by atoms with van der Waals surface area (Å²) in [7, 11) is 3.74. The van der Waals surface area contributed by atoms with Crippen molar-refractivity contribution in [1.29, 1.82) is 0 Å². The summed E-state index contributed by atoms with van der Waals surface area (Å²) >= 11 is 0. The summed E-state index contributed by atoms with van der Waals surface area (Å²) in [6.07, 6.45) is 1.77. The van der Waals surface area contributed by atoms with E-state index < -0.39 is 0 Å². The molecule has 0 aliphatic carbocycles. The van der Waals surface area contributed by atoms with E-state index >= 15 is 0 Å². The third kappa shape index (κ3) is 2.44. The van der Waals surface area contributed by atoms with Gasteiger partial charge in [0.25, 0.3) is 5.43 Å². The van der Waals surface area contributed by atoms with Gasteiger partial charge in [-0.2, -0.15) is 4.58 Å². The lowest BCUT2D eigenvalue weighted by molar-refractivity contribution is -0.272. The molecule has 4 nitrogen and oxygen atoms in total. The van der Waals surface area contributed by atoms with Gasteiger partial charge in [0.15, 0.2) is 0 Å². The molecular weight excluding hydrogens is 336 g/mol. The summed E-state index contributed by atoms with van der Waals surface area (Å²) in [5, 5.41) is 13.0. The van der Waals surface area contributed by atoms with Crippen molar-refractivity contribution in [3.8, 4) is 5.75 Å².